The molecule has 0 unspecified atom stereocenters. The van der Waals surface area contributed by atoms with E-state index in [0.717, 1.165) is 26.7 Å². The summed E-state index contributed by atoms with van der Waals surface area (Å²) < 4.78 is 5.19. The average molecular weight is 515 g/mol. The van der Waals surface area contributed by atoms with Crippen LogP contribution in [0.5, 0.6) is 5.75 Å². The Bertz CT molecular complexity index is 1440. The standard InChI is InChI=1S/C29H23ClN2O3S/c1-35-22-13-10-19(11-14-22)17-31-28(33)20-12-15-27-25(16-20)32(18-21-6-2-4-8-24(21)30)29(34)23-7-3-5-9-26(23)36-27/h2-16H,17-18H2,1H3,(H,31,33). The molecule has 5 nitrogen and oxygen atoms in total. The molecule has 5 rings (SSSR count). The fourth-order valence-corrected chi connectivity index (χ4v) is 5.30. The van der Waals surface area contributed by atoms with Crippen molar-refractivity contribution >= 4 is 40.9 Å². The summed E-state index contributed by atoms with van der Waals surface area (Å²) in [5.74, 6) is 0.413. The normalized spacial score (nSPS) is 12.4. The molecule has 7 heteroatoms. The second-order valence-electron chi connectivity index (χ2n) is 8.29. The summed E-state index contributed by atoms with van der Waals surface area (Å²) in [5.41, 5.74) is 3.57. The van der Waals surface area contributed by atoms with Gasteiger partial charge in [0.25, 0.3) is 11.8 Å². The molecule has 1 N–H and O–H groups in total. The number of carbonyl (C=O) groups is 2. The van der Waals surface area contributed by atoms with Crippen molar-refractivity contribution in [2.45, 2.75) is 22.9 Å². The third kappa shape index (κ3) is 4.96. The molecule has 1 aliphatic rings. The summed E-state index contributed by atoms with van der Waals surface area (Å²) in [6.07, 6.45) is 0. The molecule has 0 aliphatic carbocycles. The van der Waals surface area contributed by atoms with Crippen LogP contribution in [0.4, 0.5) is 5.69 Å². The summed E-state index contributed by atoms with van der Waals surface area (Å²) in [4.78, 5) is 30.3. The molecule has 4 aromatic rings. The zero-order valence-electron chi connectivity index (χ0n) is 19.5. The minimum atomic E-state index is -0.217. The number of halogens is 1. The van der Waals surface area contributed by atoms with Crippen LogP contribution < -0.4 is 15.0 Å². The van der Waals surface area contributed by atoms with Crippen molar-refractivity contribution in [1.82, 2.24) is 5.32 Å². The van der Waals surface area contributed by atoms with Crippen LogP contribution in [0, 0.1) is 0 Å². The number of amides is 2. The topological polar surface area (TPSA) is 58.6 Å². The van der Waals surface area contributed by atoms with E-state index in [4.69, 9.17) is 16.3 Å². The molecule has 36 heavy (non-hydrogen) atoms. The second kappa shape index (κ2) is 10.5. The maximum Gasteiger partial charge on any atom is 0.259 e. The highest BCUT2D eigenvalue weighted by Gasteiger charge is 2.28. The minimum absolute atomic E-state index is 0.132. The van der Waals surface area contributed by atoms with Gasteiger partial charge in [0.2, 0.25) is 0 Å². The summed E-state index contributed by atoms with van der Waals surface area (Å²) in [7, 11) is 1.62. The van der Waals surface area contributed by atoms with Crippen LogP contribution >= 0.6 is 23.4 Å². The van der Waals surface area contributed by atoms with Crippen LogP contribution in [-0.2, 0) is 13.1 Å². The lowest BCUT2D eigenvalue weighted by Gasteiger charge is -2.24. The highest BCUT2D eigenvalue weighted by atomic mass is 35.5. The number of nitrogens with one attached hydrogen (secondary N) is 1. The van der Waals surface area contributed by atoms with Gasteiger partial charge in [-0.3, -0.25) is 9.59 Å². The van der Waals surface area contributed by atoms with Gasteiger partial charge < -0.3 is 15.0 Å². The lowest BCUT2D eigenvalue weighted by atomic mass is 10.1. The monoisotopic (exact) mass is 514 g/mol. The first-order chi connectivity index (χ1) is 17.5. The van der Waals surface area contributed by atoms with Crippen LogP contribution in [0.15, 0.2) is 101 Å². The van der Waals surface area contributed by atoms with Crippen molar-refractivity contribution in [1.29, 1.82) is 0 Å². The molecular weight excluding hydrogens is 492 g/mol. The van der Waals surface area contributed by atoms with Crippen molar-refractivity contribution in [3.63, 3.8) is 0 Å². The van der Waals surface area contributed by atoms with E-state index >= 15 is 0 Å². The Kier molecular flexibility index (Phi) is 6.98. The second-order valence-corrected chi connectivity index (χ2v) is 9.79. The molecule has 0 radical (unpaired) electrons. The highest BCUT2D eigenvalue weighted by molar-refractivity contribution is 7.99. The predicted octanol–water partition coefficient (Wildman–Crippen LogP) is 6.59. The van der Waals surface area contributed by atoms with E-state index < -0.39 is 0 Å². The number of anilines is 1. The van der Waals surface area contributed by atoms with Gasteiger partial charge in [0.15, 0.2) is 0 Å². The smallest absolute Gasteiger partial charge is 0.259 e. The van der Waals surface area contributed by atoms with Crippen molar-refractivity contribution in [3.05, 3.63) is 118 Å². The minimum Gasteiger partial charge on any atom is -0.497 e. The van der Waals surface area contributed by atoms with Crippen LogP contribution in [0.25, 0.3) is 0 Å². The maximum atomic E-state index is 13.7. The largest absolute Gasteiger partial charge is 0.497 e. The van der Waals surface area contributed by atoms with Gasteiger partial charge in [0, 0.05) is 26.9 Å². The zero-order valence-corrected chi connectivity index (χ0v) is 21.1. The third-order valence-electron chi connectivity index (χ3n) is 5.99. The van der Waals surface area contributed by atoms with Gasteiger partial charge in [-0.15, -0.1) is 0 Å². The molecule has 2 amide bonds. The number of methoxy groups -OCH3 is 1. The average Bonchev–Trinajstić information content (AvgIpc) is 3.02. The number of benzene rings is 4. The van der Waals surface area contributed by atoms with E-state index in [2.05, 4.69) is 5.32 Å². The van der Waals surface area contributed by atoms with Crippen molar-refractivity contribution < 1.29 is 14.3 Å². The molecule has 0 bridgehead atoms. The van der Waals surface area contributed by atoms with Crippen LogP contribution in [0.3, 0.4) is 0 Å². The van der Waals surface area contributed by atoms with Gasteiger partial charge in [-0.1, -0.05) is 65.8 Å². The van der Waals surface area contributed by atoms with Gasteiger partial charge in [0.05, 0.1) is 24.9 Å². The number of hydrogen-bond acceptors (Lipinski definition) is 4. The first-order valence-electron chi connectivity index (χ1n) is 11.4. The van der Waals surface area contributed by atoms with E-state index in [1.165, 1.54) is 11.8 Å². The maximum absolute atomic E-state index is 13.7. The molecule has 4 aromatic carbocycles. The van der Waals surface area contributed by atoms with Gasteiger partial charge in [-0.25, -0.2) is 0 Å². The lowest BCUT2D eigenvalue weighted by Crippen LogP contribution is -2.31. The number of hydrogen-bond donors (Lipinski definition) is 1. The number of fused-ring (bicyclic) bond motifs is 2. The number of carbonyl (C=O) groups excluding carboxylic acids is 2. The zero-order chi connectivity index (χ0) is 25.1. The van der Waals surface area contributed by atoms with E-state index in [1.807, 2.05) is 78.9 Å². The Morgan fingerprint density at radius 3 is 2.47 bits per heavy atom. The molecule has 0 atom stereocenters. The molecule has 0 aromatic heterocycles. The Morgan fingerprint density at radius 1 is 0.944 bits per heavy atom. The summed E-state index contributed by atoms with van der Waals surface area (Å²) in [5, 5.41) is 3.55. The summed E-state index contributed by atoms with van der Waals surface area (Å²) >= 11 is 7.97. The number of rotatable bonds is 6. The molecule has 180 valence electrons. The fourth-order valence-electron chi connectivity index (χ4n) is 4.04. The predicted molar refractivity (Wildman–Crippen MR) is 143 cm³/mol. The molecule has 0 saturated carbocycles. The Labute approximate surface area is 219 Å². The van der Waals surface area contributed by atoms with E-state index in [1.54, 1.807) is 24.1 Å². The van der Waals surface area contributed by atoms with Gasteiger partial charge in [0.1, 0.15) is 5.75 Å². The van der Waals surface area contributed by atoms with Gasteiger partial charge in [-0.05, 0) is 59.7 Å². The molecule has 0 spiro atoms. The Morgan fingerprint density at radius 2 is 1.69 bits per heavy atom. The van der Waals surface area contributed by atoms with Crippen molar-refractivity contribution in [3.8, 4) is 5.75 Å². The van der Waals surface area contributed by atoms with E-state index in [-0.39, 0.29) is 18.4 Å². The fraction of sp³-hybridized carbons (Fsp3) is 0.103. The molecule has 1 aliphatic heterocycles. The quantitative estimate of drug-likeness (QED) is 0.315. The Balaban J connectivity index is 1.47. The van der Waals surface area contributed by atoms with E-state index in [9.17, 15) is 9.59 Å². The lowest BCUT2D eigenvalue weighted by molar-refractivity contribution is 0.0947. The number of ether oxygens (including phenoxy) is 1. The SMILES string of the molecule is COc1ccc(CNC(=O)c2ccc3c(c2)N(Cc2ccccc2Cl)C(=O)c2ccccc2S3)cc1. The first kappa shape index (κ1) is 24.0. The molecular formula is C29H23ClN2O3S. The Hall–Kier alpha value is -3.74. The van der Waals surface area contributed by atoms with Crippen molar-refractivity contribution in [2.24, 2.45) is 0 Å². The van der Waals surface area contributed by atoms with Crippen LogP contribution in [0.1, 0.15) is 31.8 Å². The van der Waals surface area contributed by atoms with Crippen LogP contribution in [-0.4, -0.2) is 18.9 Å². The summed E-state index contributed by atoms with van der Waals surface area (Å²) in [6, 6.07) is 28.0. The first-order valence-corrected chi connectivity index (χ1v) is 12.6. The van der Waals surface area contributed by atoms with Gasteiger partial charge in [-0.2, -0.15) is 0 Å². The van der Waals surface area contributed by atoms with Crippen molar-refractivity contribution in [2.75, 3.05) is 12.0 Å². The molecule has 0 saturated heterocycles. The van der Waals surface area contributed by atoms with Gasteiger partial charge >= 0.3 is 0 Å². The molecule has 1 heterocycles. The van der Waals surface area contributed by atoms with Crippen LogP contribution in [0.2, 0.25) is 5.02 Å². The highest BCUT2D eigenvalue weighted by Crippen LogP contribution is 2.42. The summed E-state index contributed by atoms with van der Waals surface area (Å²) in [6.45, 7) is 0.666. The number of nitrogens with zero attached hydrogens (tertiary/aromatic N) is 1. The van der Waals surface area contributed by atoms with E-state index in [0.29, 0.717) is 28.4 Å². The molecule has 0 fully saturated rings. The third-order valence-corrected chi connectivity index (χ3v) is 7.50.